The van der Waals surface area contributed by atoms with Gasteiger partial charge in [0.25, 0.3) is 5.91 Å². The Labute approximate surface area is 151 Å². The van der Waals surface area contributed by atoms with E-state index in [0.717, 1.165) is 18.7 Å². The van der Waals surface area contributed by atoms with Gasteiger partial charge in [-0.15, -0.1) is 0 Å². The lowest BCUT2D eigenvalue weighted by Crippen LogP contribution is -2.17. The van der Waals surface area contributed by atoms with Gasteiger partial charge >= 0.3 is 0 Å². The van der Waals surface area contributed by atoms with Crippen LogP contribution in [0.5, 0.6) is 0 Å². The highest BCUT2D eigenvalue weighted by Crippen LogP contribution is 2.34. The first kappa shape index (κ1) is 15.7. The van der Waals surface area contributed by atoms with Crippen molar-refractivity contribution in [1.29, 1.82) is 0 Å². The first-order chi connectivity index (χ1) is 12.2. The van der Waals surface area contributed by atoms with Crippen molar-refractivity contribution >= 4 is 34.6 Å². The second-order valence-corrected chi connectivity index (χ2v) is 6.33. The Morgan fingerprint density at radius 2 is 1.88 bits per heavy atom. The van der Waals surface area contributed by atoms with E-state index >= 15 is 0 Å². The summed E-state index contributed by atoms with van der Waals surface area (Å²) in [5.41, 5.74) is 4.57. The third-order valence-electron chi connectivity index (χ3n) is 4.28. The van der Waals surface area contributed by atoms with Gasteiger partial charge in [-0.3, -0.25) is 9.78 Å². The molecule has 0 spiro atoms. The third kappa shape index (κ3) is 3.21. The van der Waals surface area contributed by atoms with Crippen LogP contribution in [-0.4, -0.2) is 17.4 Å². The van der Waals surface area contributed by atoms with Gasteiger partial charge in [-0.1, -0.05) is 29.8 Å². The molecule has 25 heavy (non-hydrogen) atoms. The zero-order valence-electron chi connectivity index (χ0n) is 13.4. The molecule has 4 nitrogen and oxygen atoms in total. The second-order valence-electron chi connectivity index (χ2n) is 5.89. The van der Waals surface area contributed by atoms with E-state index in [9.17, 15) is 4.79 Å². The fourth-order valence-electron chi connectivity index (χ4n) is 3.05. The van der Waals surface area contributed by atoms with Crippen molar-refractivity contribution in [1.82, 2.24) is 4.98 Å². The Morgan fingerprint density at radius 1 is 1.08 bits per heavy atom. The molecular formula is C20H16ClN3O. The molecule has 2 aromatic carbocycles. The minimum absolute atomic E-state index is 0.239. The van der Waals surface area contributed by atoms with E-state index in [4.69, 9.17) is 11.6 Å². The number of carbonyl (C=O) groups is 1. The summed E-state index contributed by atoms with van der Waals surface area (Å²) in [5, 5.41) is 3.47. The van der Waals surface area contributed by atoms with Crippen LogP contribution in [0, 0.1) is 0 Å². The molecule has 0 saturated carbocycles. The first-order valence-corrected chi connectivity index (χ1v) is 8.47. The summed E-state index contributed by atoms with van der Waals surface area (Å²) in [6.07, 6.45) is 2.68. The van der Waals surface area contributed by atoms with E-state index in [-0.39, 0.29) is 5.91 Å². The maximum Gasteiger partial charge on any atom is 0.274 e. The molecule has 1 N–H and O–H groups in total. The Morgan fingerprint density at radius 3 is 2.72 bits per heavy atom. The van der Waals surface area contributed by atoms with Gasteiger partial charge in [0.15, 0.2) is 0 Å². The highest BCUT2D eigenvalue weighted by molar-refractivity contribution is 6.30. The standard InChI is InChI=1S/C20H16ClN3O/c21-15-5-7-16(8-6-15)23-20(25)18-13-17(9-11-22-18)24-12-10-14-3-1-2-4-19(14)24/h1-9,11,13H,10,12H2,(H,23,25). The van der Waals surface area contributed by atoms with Gasteiger partial charge in [-0.2, -0.15) is 0 Å². The summed E-state index contributed by atoms with van der Waals surface area (Å²) in [7, 11) is 0. The number of para-hydroxylation sites is 1. The van der Waals surface area contributed by atoms with Crippen molar-refractivity contribution in [3.63, 3.8) is 0 Å². The van der Waals surface area contributed by atoms with Crippen LogP contribution in [0.1, 0.15) is 16.1 Å². The van der Waals surface area contributed by atoms with Crippen LogP contribution < -0.4 is 10.2 Å². The molecule has 1 aliphatic rings. The molecule has 1 aliphatic heterocycles. The zero-order chi connectivity index (χ0) is 17.2. The largest absolute Gasteiger partial charge is 0.341 e. The van der Waals surface area contributed by atoms with Crippen molar-refractivity contribution in [2.45, 2.75) is 6.42 Å². The number of pyridine rings is 1. The molecule has 0 atom stereocenters. The average Bonchev–Trinajstić information content (AvgIpc) is 3.08. The summed E-state index contributed by atoms with van der Waals surface area (Å²) < 4.78 is 0. The third-order valence-corrected chi connectivity index (χ3v) is 4.53. The van der Waals surface area contributed by atoms with Crippen LogP contribution in [-0.2, 0) is 6.42 Å². The monoisotopic (exact) mass is 349 g/mol. The van der Waals surface area contributed by atoms with Crippen molar-refractivity contribution in [2.24, 2.45) is 0 Å². The molecule has 124 valence electrons. The number of nitrogens with one attached hydrogen (secondary N) is 1. The van der Waals surface area contributed by atoms with Crippen molar-refractivity contribution in [3.8, 4) is 0 Å². The second kappa shape index (κ2) is 6.57. The van der Waals surface area contributed by atoms with Gasteiger partial charge < -0.3 is 10.2 Å². The lowest BCUT2D eigenvalue weighted by atomic mass is 10.2. The van der Waals surface area contributed by atoms with Gasteiger partial charge in [0.2, 0.25) is 0 Å². The molecule has 2 heterocycles. The topological polar surface area (TPSA) is 45.2 Å². The molecule has 1 amide bonds. The molecule has 4 rings (SSSR count). The minimum Gasteiger partial charge on any atom is -0.341 e. The van der Waals surface area contributed by atoms with Crippen molar-refractivity contribution in [2.75, 3.05) is 16.8 Å². The predicted octanol–water partition coefficient (Wildman–Crippen LogP) is 4.68. The molecule has 0 saturated heterocycles. The van der Waals surface area contributed by atoms with Crippen LogP contribution >= 0.6 is 11.6 Å². The highest BCUT2D eigenvalue weighted by atomic mass is 35.5. The van der Waals surface area contributed by atoms with Crippen molar-refractivity contribution < 1.29 is 4.79 Å². The summed E-state index contributed by atoms with van der Waals surface area (Å²) in [4.78, 5) is 18.9. The summed E-state index contributed by atoms with van der Waals surface area (Å²) in [6.45, 7) is 0.904. The fraction of sp³-hybridized carbons (Fsp3) is 0.100. The van der Waals surface area contributed by atoms with Crippen molar-refractivity contribution in [3.05, 3.63) is 83.1 Å². The molecule has 0 bridgehead atoms. The first-order valence-electron chi connectivity index (χ1n) is 8.09. The number of halogens is 1. The molecule has 0 radical (unpaired) electrons. The number of fused-ring (bicyclic) bond motifs is 1. The zero-order valence-corrected chi connectivity index (χ0v) is 14.2. The van der Waals surface area contributed by atoms with Gasteiger partial charge in [-0.25, -0.2) is 0 Å². The molecule has 0 fully saturated rings. The van der Waals surface area contributed by atoms with E-state index in [1.54, 1.807) is 30.5 Å². The van der Waals surface area contributed by atoms with E-state index in [1.807, 2.05) is 18.2 Å². The minimum atomic E-state index is -0.239. The maximum atomic E-state index is 12.5. The number of anilines is 3. The number of aromatic nitrogens is 1. The number of hydrogen-bond donors (Lipinski definition) is 1. The summed E-state index contributed by atoms with van der Waals surface area (Å²) in [6, 6.07) is 19.1. The molecular weight excluding hydrogens is 334 g/mol. The van der Waals surface area contributed by atoms with E-state index < -0.39 is 0 Å². The summed E-state index contributed by atoms with van der Waals surface area (Å²) >= 11 is 5.87. The highest BCUT2D eigenvalue weighted by Gasteiger charge is 2.20. The van der Waals surface area contributed by atoms with Crippen LogP contribution in [0.2, 0.25) is 5.02 Å². The number of hydrogen-bond acceptors (Lipinski definition) is 3. The SMILES string of the molecule is O=C(Nc1ccc(Cl)cc1)c1cc(N2CCc3ccccc32)ccn1. The van der Waals surface area contributed by atoms with E-state index in [0.29, 0.717) is 16.4 Å². The Hall–Kier alpha value is -2.85. The number of carbonyl (C=O) groups excluding carboxylic acids is 1. The number of rotatable bonds is 3. The summed E-state index contributed by atoms with van der Waals surface area (Å²) in [5.74, 6) is -0.239. The Kier molecular flexibility index (Phi) is 4.12. The smallest absolute Gasteiger partial charge is 0.274 e. The number of nitrogens with zero attached hydrogens (tertiary/aromatic N) is 2. The molecule has 0 aliphatic carbocycles. The van der Waals surface area contributed by atoms with Gasteiger partial charge in [0.05, 0.1) is 0 Å². The van der Waals surface area contributed by atoms with Crippen LogP contribution in [0.4, 0.5) is 17.1 Å². The quantitative estimate of drug-likeness (QED) is 0.746. The van der Waals surface area contributed by atoms with Gasteiger partial charge in [-0.05, 0) is 54.4 Å². The van der Waals surface area contributed by atoms with Crippen LogP contribution in [0.15, 0.2) is 66.9 Å². The Bertz CT molecular complexity index is 924. The van der Waals surface area contributed by atoms with Crippen LogP contribution in [0.25, 0.3) is 0 Å². The predicted molar refractivity (Wildman–Crippen MR) is 101 cm³/mol. The lowest BCUT2D eigenvalue weighted by molar-refractivity contribution is 0.102. The molecule has 1 aromatic heterocycles. The van der Waals surface area contributed by atoms with E-state index in [1.165, 1.54) is 11.3 Å². The van der Waals surface area contributed by atoms with E-state index in [2.05, 4.69) is 33.4 Å². The molecule has 5 heteroatoms. The average molecular weight is 350 g/mol. The Balaban J connectivity index is 1.57. The molecule has 0 unspecified atom stereocenters. The number of benzene rings is 2. The van der Waals surface area contributed by atoms with Gasteiger partial charge in [0.1, 0.15) is 5.69 Å². The van der Waals surface area contributed by atoms with Gasteiger partial charge in [0, 0.05) is 34.8 Å². The normalized spacial score (nSPS) is 12.8. The molecule has 3 aromatic rings. The fourth-order valence-corrected chi connectivity index (χ4v) is 3.17. The lowest BCUT2D eigenvalue weighted by Gasteiger charge is -2.19. The number of amides is 1. The maximum absolute atomic E-state index is 12.5. The van der Waals surface area contributed by atoms with Crippen LogP contribution in [0.3, 0.4) is 0 Å².